The van der Waals surface area contributed by atoms with Gasteiger partial charge in [-0.05, 0) is 33.1 Å². The second-order valence-electron chi connectivity index (χ2n) is 6.34. The second-order valence-corrected chi connectivity index (χ2v) is 7.42. The largest absolute Gasteiger partial charge is 0.370 e. The van der Waals surface area contributed by atoms with Crippen LogP contribution in [0.2, 0.25) is 6.32 Å². The average Bonchev–Trinajstić information content (AvgIpc) is 2.63. The highest BCUT2D eigenvalue weighted by Gasteiger charge is 2.25. The number of benzene rings is 1. The predicted octanol–water partition coefficient (Wildman–Crippen LogP) is 1.44. The molecule has 0 spiro atoms. The fraction of sp³-hybridized carbons (Fsp3) is 0.529. The molecule has 0 aliphatic carbocycles. The Morgan fingerprint density at radius 1 is 1.37 bits per heavy atom. The number of amides is 1. The summed E-state index contributed by atoms with van der Waals surface area (Å²) in [6.07, 6.45) is 1.61. The molecule has 1 N–H and O–H groups in total. The van der Waals surface area contributed by atoms with Crippen LogP contribution in [0.25, 0.3) is 0 Å². The number of carbonyl (C=O) groups is 1. The molecule has 0 saturated heterocycles. The number of hydrogen-bond acceptors (Lipinski definition) is 6. The third-order valence-electron chi connectivity index (χ3n) is 3.93. The summed E-state index contributed by atoms with van der Waals surface area (Å²) in [7, 11) is 5.90. The van der Waals surface area contributed by atoms with Crippen LogP contribution in [0.1, 0.15) is 22.3 Å². The van der Waals surface area contributed by atoms with Gasteiger partial charge in [-0.2, -0.15) is 5.26 Å². The van der Waals surface area contributed by atoms with Gasteiger partial charge in [0.15, 0.2) is 0 Å². The van der Waals surface area contributed by atoms with E-state index in [-0.39, 0.29) is 16.8 Å². The highest BCUT2D eigenvalue weighted by molar-refractivity contribution is 14.1. The number of rotatable bonds is 11. The number of nitrogens with one attached hydrogen (secondary N) is 1. The Morgan fingerprint density at radius 3 is 2.59 bits per heavy atom. The third-order valence-corrected chi connectivity index (χ3v) is 4.41. The van der Waals surface area contributed by atoms with E-state index in [2.05, 4.69) is 27.9 Å². The second kappa shape index (κ2) is 11.8. The summed E-state index contributed by atoms with van der Waals surface area (Å²) in [5.41, 5.74) is 0.434. The van der Waals surface area contributed by atoms with Crippen LogP contribution in [0.3, 0.4) is 0 Å². The molecule has 0 heterocycles. The SMILES string of the molecule is BCCN(CCI)c1cc(C(=O)NCCCN(C)C)c([N+](=O)[O-])cc1C#N. The van der Waals surface area contributed by atoms with Gasteiger partial charge in [0.1, 0.15) is 19.5 Å². The summed E-state index contributed by atoms with van der Waals surface area (Å²) in [6.45, 7) is 2.64. The van der Waals surface area contributed by atoms with Gasteiger partial charge >= 0.3 is 0 Å². The van der Waals surface area contributed by atoms with E-state index in [0.717, 1.165) is 23.7 Å². The number of hydrogen-bond donors (Lipinski definition) is 1. The summed E-state index contributed by atoms with van der Waals surface area (Å²) in [5, 5.41) is 23.6. The first-order chi connectivity index (χ1) is 12.8. The van der Waals surface area contributed by atoms with Crippen molar-refractivity contribution in [1.29, 1.82) is 5.26 Å². The Morgan fingerprint density at radius 2 is 2.07 bits per heavy atom. The summed E-state index contributed by atoms with van der Waals surface area (Å²) in [4.78, 5) is 27.4. The van der Waals surface area contributed by atoms with E-state index < -0.39 is 10.8 Å². The first kappa shape index (κ1) is 23.2. The van der Waals surface area contributed by atoms with Crippen molar-refractivity contribution < 1.29 is 9.72 Å². The van der Waals surface area contributed by atoms with E-state index in [9.17, 15) is 20.2 Å². The maximum atomic E-state index is 12.6. The Labute approximate surface area is 174 Å². The lowest BCUT2D eigenvalue weighted by molar-refractivity contribution is -0.385. The minimum atomic E-state index is -0.609. The molecule has 1 aromatic rings. The van der Waals surface area contributed by atoms with Crippen molar-refractivity contribution in [2.75, 3.05) is 49.6 Å². The molecule has 0 radical (unpaired) electrons. The molecule has 27 heavy (non-hydrogen) atoms. The molecule has 1 amide bonds. The molecule has 0 fully saturated rings. The zero-order valence-electron chi connectivity index (χ0n) is 16.0. The zero-order chi connectivity index (χ0) is 20.4. The van der Waals surface area contributed by atoms with Gasteiger partial charge in [-0.15, -0.1) is 0 Å². The molecule has 0 saturated carbocycles. The molecule has 1 rings (SSSR count). The number of nitrogens with zero attached hydrogens (tertiary/aromatic N) is 4. The zero-order valence-corrected chi connectivity index (χ0v) is 18.2. The van der Waals surface area contributed by atoms with E-state index in [4.69, 9.17) is 0 Å². The number of nitro benzene ring substituents is 1. The lowest BCUT2D eigenvalue weighted by Crippen LogP contribution is -2.30. The summed E-state index contributed by atoms with van der Waals surface area (Å²) < 4.78 is 0.839. The van der Waals surface area contributed by atoms with Crippen LogP contribution in [-0.2, 0) is 0 Å². The van der Waals surface area contributed by atoms with Crippen molar-refractivity contribution in [3.63, 3.8) is 0 Å². The van der Waals surface area contributed by atoms with Crippen molar-refractivity contribution >= 4 is 47.7 Å². The fourth-order valence-corrected chi connectivity index (χ4v) is 3.26. The molecule has 0 aromatic heterocycles. The van der Waals surface area contributed by atoms with Crippen molar-refractivity contribution in [3.05, 3.63) is 33.4 Å². The van der Waals surface area contributed by atoms with Crippen LogP contribution in [0.5, 0.6) is 0 Å². The number of carbonyl (C=O) groups excluding carboxylic acids is 1. The highest BCUT2D eigenvalue weighted by atomic mass is 127. The third kappa shape index (κ3) is 6.99. The molecule has 0 atom stereocenters. The molecule has 1 aromatic carbocycles. The number of halogens is 1. The van der Waals surface area contributed by atoms with E-state index in [1.165, 1.54) is 12.1 Å². The topological polar surface area (TPSA) is 103 Å². The minimum Gasteiger partial charge on any atom is -0.370 e. The quantitative estimate of drug-likeness (QED) is 0.127. The lowest BCUT2D eigenvalue weighted by Gasteiger charge is -2.25. The Bertz CT molecular complexity index is 703. The normalized spacial score (nSPS) is 10.5. The average molecular weight is 485 g/mol. The number of nitro groups is 1. The van der Waals surface area contributed by atoms with Gasteiger partial charge < -0.3 is 15.1 Å². The van der Waals surface area contributed by atoms with Gasteiger partial charge in [0.05, 0.1) is 16.2 Å². The highest BCUT2D eigenvalue weighted by Crippen LogP contribution is 2.30. The van der Waals surface area contributed by atoms with Gasteiger partial charge in [0.25, 0.3) is 11.6 Å². The van der Waals surface area contributed by atoms with Crippen LogP contribution in [-0.4, -0.2) is 68.3 Å². The minimum absolute atomic E-state index is 0.00610. The van der Waals surface area contributed by atoms with E-state index >= 15 is 0 Å². The summed E-state index contributed by atoms with van der Waals surface area (Å²) >= 11 is 2.24. The molecule has 146 valence electrons. The van der Waals surface area contributed by atoms with Crippen molar-refractivity contribution in [1.82, 2.24) is 10.2 Å². The van der Waals surface area contributed by atoms with Gasteiger partial charge in [-0.25, -0.2) is 0 Å². The number of alkyl halides is 1. The Balaban J connectivity index is 3.23. The molecule has 0 aliphatic heterocycles. The first-order valence-electron chi connectivity index (χ1n) is 8.82. The molecule has 0 aliphatic rings. The smallest absolute Gasteiger partial charge is 0.283 e. The van der Waals surface area contributed by atoms with Crippen molar-refractivity contribution in [2.45, 2.75) is 12.7 Å². The van der Waals surface area contributed by atoms with Crippen LogP contribution in [0, 0.1) is 21.4 Å². The monoisotopic (exact) mass is 485 g/mol. The number of anilines is 1. The van der Waals surface area contributed by atoms with Gasteiger partial charge in [-0.1, -0.05) is 28.9 Å². The van der Waals surface area contributed by atoms with Crippen LogP contribution < -0.4 is 10.2 Å². The van der Waals surface area contributed by atoms with Crippen molar-refractivity contribution in [3.8, 4) is 6.07 Å². The van der Waals surface area contributed by atoms with Crippen molar-refractivity contribution in [2.24, 2.45) is 0 Å². The molecule has 10 heteroatoms. The van der Waals surface area contributed by atoms with E-state index in [1.807, 2.05) is 37.8 Å². The summed E-state index contributed by atoms with van der Waals surface area (Å²) in [5.74, 6) is -0.489. The molecule has 0 unspecified atom stereocenters. The molecular weight excluding hydrogens is 460 g/mol. The Kier molecular flexibility index (Phi) is 10.1. The van der Waals surface area contributed by atoms with E-state index in [0.29, 0.717) is 25.3 Å². The standard InChI is InChI=1S/C17H25BIN5O3/c1-22(2)7-3-6-21-17(25)14-11-15(23(8-4-18)9-5-19)13(12-20)10-16(14)24(26)27/h10-11H,3-9,18H2,1-2H3,(H,21,25). The number of nitriles is 1. The molecular formula is C17H25BIN5O3. The predicted molar refractivity (Wildman–Crippen MR) is 118 cm³/mol. The van der Waals surface area contributed by atoms with E-state index in [1.54, 1.807) is 0 Å². The van der Waals surface area contributed by atoms with Crippen LogP contribution in [0.4, 0.5) is 11.4 Å². The molecule has 8 nitrogen and oxygen atoms in total. The van der Waals surface area contributed by atoms with Crippen LogP contribution in [0.15, 0.2) is 12.1 Å². The van der Waals surface area contributed by atoms with Gasteiger partial charge in [0.2, 0.25) is 0 Å². The van der Waals surface area contributed by atoms with Gasteiger partial charge in [0, 0.05) is 30.1 Å². The Hall–Kier alpha value is -1.87. The van der Waals surface area contributed by atoms with Gasteiger partial charge in [-0.3, -0.25) is 14.9 Å². The maximum absolute atomic E-state index is 12.6. The fourth-order valence-electron chi connectivity index (χ4n) is 2.68. The molecule has 0 bridgehead atoms. The summed E-state index contributed by atoms with van der Waals surface area (Å²) in [6, 6.07) is 4.73. The lowest BCUT2D eigenvalue weighted by atomic mass is 10.0. The maximum Gasteiger partial charge on any atom is 0.283 e. The first-order valence-corrected chi connectivity index (χ1v) is 10.3. The van der Waals surface area contributed by atoms with Crippen LogP contribution >= 0.6 is 22.6 Å².